The Kier molecular flexibility index (Phi) is 11.1. The molecule has 1 heterocycles. The molecule has 0 aliphatic carbocycles. The van der Waals surface area contributed by atoms with Gasteiger partial charge >= 0.3 is 5.97 Å². The van der Waals surface area contributed by atoms with Crippen molar-refractivity contribution >= 4 is 63.0 Å². The van der Waals surface area contributed by atoms with Gasteiger partial charge in [-0.15, -0.1) is 0 Å². The van der Waals surface area contributed by atoms with E-state index in [1.165, 1.54) is 18.3 Å². The molecule has 0 bridgehead atoms. The molecule has 0 aromatic heterocycles. The summed E-state index contributed by atoms with van der Waals surface area (Å²) < 4.78 is 30.8. The van der Waals surface area contributed by atoms with Crippen LogP contribution in [0, 0.1) is 5.82 Å². The second-order valence-corrected chi connectivity index (χ2v) is 10.8. The smallest absolute Gasteiger partial charge is 0.338 e. The van der Waals surface area contributed by atoms with Crippen LogP contribution in [0.2, 0.25) is 5.02 Å². The van der Waals surface area contributed by atoms with E-state index in [-0.39, 0.29) is 25.6 Å². The average molecular weight is 690 g/mol. The SMILES string of the molecule is CCOC(=O)C1=C(C)NC(=S)N[C@@H]1c1ccccc1OCC(=O)NN=Cc1cc(Cl)c(OCc2cccc(F)c2)c(Br)c1. The van der Waals surface area contributed by atoms with Crippen molar-refractivity contribution in [3.8, 4) is 11.5 Å². The molecule has 3 N–H and O–H groups in total. The molecule has 4 rings (SSSR count). The highest BCUT2D eigenvalue weighted by molar-refractivity contribution is 9.10. The van der Waals surface area contributed by atoms with Crippen LogP contribution in [0.25, 0.3) is 0 Å². The van der Waals surface area contributed by atoms with Crippen molar-refractivity contribution in [2.75, 3.05) is 13.2 Å². The van der Waals surface area contributed by atoms with Crippen molar-refractivity contribution in [1.82, 2.24) is 16.1 Å². The molecule has 0 fully saturated rings. The number of nitrogens with one attached hydrogen (secondary N) is 3. The molecule has 13 heteroatoms. The summed E-state index contributed by atoms with van der Waals surface area (Å²) in [4.78, 5) is 25.2. The van der Waals surface area contributed by atoms with E-state index in [1.54, 1.807) is 62.4 Å². The van der Waals surface area contributed by atoms with E-state index in [0.29, 0.717) is 54.1 Å². The first kappa shape index (κ1) is 31.9. The number of allylic oxidation sites excluding steroid dienone is 1. The third-order valence-electron chi connectivity index (χ3n) is 6.05. The minimum Gasteiger partial charge on any atom is -0.486 e. The lowest BCUT2D eigenvalue weighted by Gasteiger charge is -2.30. The first-order valence-electron chi connectivity index (χ1n) is 13.0. The number of esters is 1. The molecule has 43 heavy (non-hydrogen) atoms. The molecule has 1 atom stereocenters. The van der Waals surface area contributed by atoms with E-state index in [9.17, 15) is 14.0 Å². The summed E-state index contributed by atoms with van der Waals surface area (Å²) in [5.41, 5.74) is 5.18. The van der Waals surface area contributed by atoms with E-state index in [2.05, 4.69) is 37.1 Å². The van der Waals surface area contributed by atoms with E-state index in [0.717, 1.165) is 0 Å². The van der Waals surface area contributed by atoms with Gasteiger partial charge in [0.05, 0.1) is 33.9 Å². The number of carbonyl (C=O) groups excluding carboxylic acids is 2. The van der Waals surface area contributed by atoms with Gasteiger partial charge in [-0.1, -0.05) is 41.9 Å². The topological polar surface area (TPSA) is 110 Å². The zero-order valence-electron chi connectivity index (χ0n) is 23.1. The molecule has 0 radical (unpaired) electrons. The Hall–Kier alpha value is -4.00. The number of nitrogens with zero attached hydrogens (tertiary/aromatic N) is 1. The maximum atomic E-state index is 13.4. The molecular weight excluding hydrogens is 663 g/mol. The summed E-state index contributed by atoms with van der Waals surface area (Å²) >= 11 is 15.1. The van der Waals surface area contributed by atoms with Crippen molar-refractivity contribution in [2.45, 2.75) is 26.5 Å². The van der Waals surface area contributed by atoms with Crippen LogP contribution in [0.3, 0.4) is 0 Å². The van der Waals surface area contributed by atoms with Gasteiger partial charge in [-0.2, -0.15) is 5.10 Å². The number of para-hydroxylation sites is 1. The lowest BCUT2D eigenvalue weighted by Crippen LogP contribution is -2.45. The van der Waals surface area contributed by atoms with Crippen molar-refractivity contribution in [3.63, 3.8) is 0 Å². The summed E-state index contributed by atoms with van der Waals surface area (Å²) in [5.74, 6) is -0.597. The second-order valence-electron chi connectivity index (χ2n) is 9.14. The van der Waals surface area contributed by atoms with Crippen molar-refractivity contribution in [2.24, 2.45) is 5.10 Å². The first-order valence-corrected chi connectivity index (χ1v) is 14.6. The highest BCUT2D eigenvalue weighted by Crippen LogP contribution is 2.35. The fourth-order valence-electron chi connectivity index (χ4n) is 4.19. The molecule has 1 aliphatic rings. The van der Waals surface area contributed by atoms with Gasteiger partial charge in [0.2, 0.25) is 0 Å². The number of thiocarbonyl (C=S) groups is 1. The van der Waals surface area contributed by atoms with Gasteiger partial charge in [-0.3, -0.25) is 4.79 Å². The number of hydrogen-bond acceptors (Lipinski definition) is 7. The predicted molar refractivity (Wildman–Crippen MR) is 169 cm³/mol. The summed E-state index contributed by atoms with van der Waals surface area (Å²) in [6, 6.07) is 15.8. The quantitative estimate of drug-likeness (QED) is 0.102. The Balaban J connectivity index is 1.38. The Morgan fingerprint density at radius 3 is 2.70 bits per heavy atom. The molecule has 0 saturated carbocycles. The van der Waals surface area contributed by atoms with E-state index < -0.39 is 17.9 Å². The van der Waals surface area contributed by atoms with Crippen molar-refractivity contribution in [3.05, 3.63) is 104 Å². The summed E-state index contributed by atoms with van der Waals surface area (Å²) in [7, 11) is 0. The van der Waals surface area contributed by atoms with Crippen LogP contribution in [0.4, 0.5) is 4.39 Å². The van der Waals surface area contributed by atoms with Gasteiger partial charge in [0.1, 0.15) is 18.2 Å². The fourth-order valence-corrected chi connectivity index (χ4v) is 5.45. The number of benzene rings is 3. The molecule has 0 unspecified atom stereocenters. The van der Waals surface area contributed by atoms with Crippen LogP contribution in [0.5, 0.6) is 11.5 Å². The minimum absolute atomic E-state index is 0.128. The highest BCUT2D eigenvalue weighted by Gasteiger charge is 2.32. The van der Waals surface area contributed by atoms with Gasteiger partial charge in [0.15, 0.2) is 17.5 Å². The number of amides is 1. The number of carbonyl (C=O) groups is 2. The van der Waals surface area contributed by atoms with Crippen LogP contribution < -0.4 is 25.5 Å². The Morgan fingerprint density at radius 2 is 1.95 bits per heavy atom. The standard InChI is InChI=1S/C30H27BrClFN4O5S/c1-3-40-29(39)26-17(2)35-30(43)36-27(26)21-9-4-5-10-24(21)41-16-25(38)37-34-14-19-12-22(31)28(23(32)13-19)42-15-18-7-6-8-20(33)11-18/h4-14,27H,3,15-16H2,1-2H3,(H,37,38)(H2,35,36,43)/t27-/m1/s1. The molecule has 3 aromatic carbocycles. The van der Waals surface area contributed by atoms with E-state index in [4.69, 9.17) is 38.0 Å². The molecule has 1 aliphatic heterocycles. The number of halogens is 3. The van der Waals surface area contributed by atoms with Gasteiger partial charge < -0.3 is 24.8 Å². The molecule has 1 amide bonds. The number of hydrazone groups is 1. The molecule has 3 aromatic rings. The molecule has 9 nitrogen and oxygen atoms in total. The predicted octanol–water partition coefficient (Wildman–Crippen LogP) is 5.71. The summed E-state index contributed by atoms with van der Waals surface area (Å²) in [5, 5.41) is 10.7. The third kappa shape index (κ3) is 8.53. The van der Waals surface area contributed by atoms with Gasteiger partial charge in [0.25, 0.3) is 5.91 Å². The highest BCUT2D eigenvalue weighted by atomic mass is 79.9. The molecule has 224 valence electrons. The zero-order valence-corrected chi connectivity index (χ0v) is 26.2. The van der Waals surface area contributed by atoms with Gasteiger partial charge in [0, 0.05) is 11.3 Å². The third-order valence-corrected chi connectivity index (χ3v) is 7.14. The lowest BCUT2D eigenvalue weighted by atomic mass is 9.95. The molecular formula is C30H27BrClFN4O5S. The normalized spacial score (nSPS) is 14.6. The second kappa shape index (κ2) is 14.9. The number of ether oxygens (including phenoxy) is 3. The molecule has 0 spiro atoms. The summed E-state index contributed by atoms with van der Waals surface area (Å²) in [6.07, 6.45) is 1.41. The van der Waals surface area contributed by atoms with E-state index in [1.807, 2.05) is 0 Å². The van der Waals surface area contributed by atoms with Crippen LogP contribution in [0.1, 0.15) is 36.6 Å². The van der Waals surface area contributed by atoms with E-state index >= 15 is 0 Å². The van der Waals surface area contributed by atoms with Gasteiger partial charge in [-0.25, -0.2) is 14.6 Å². The van der Waals surface area contributed by atoms with Crippen LogP contribution in [-0.4, -0.2) is 36.4 Å². The average Bonchev–Trinajstić information content (AvgIpc) is 2.95. The van der Waals surface area contributed by atoms with Crippen LogP contribution >= 0.6 is 39.7 Å². The summed E-state index contributed by atoms with van der Waals surface area (Å²) in [6.45, 7) is 3.45. The Morgan fingerprint density at radius 1 is 1.16 bits per heavy atom. The Bertz CT molecular complexity index is 1580. The number of rotatable bonds is 11. The van der Waals surface area contributed by atoms with Crippen LogP contribution in [0.15, 0.2) is 81.5 Å². The minimum atomic E-state index is -0.644. The largest absolute Gasteiger partial charge is 0.486 e. The fraction of sp³-hybridized carbons (Fsp3) is 0.200. The first-order chi connectivity index (χ1) is 20.7. The van der Waals surface area contributed by atoms with Gasteiger partial charge in [-0.05, 0) is 83.5 Å². The lowest BCUT2D eigenvalue weighted by molar-refractivity contribution is -0.139. The monoisotopic (exact) mass is 688 g/mol. The van der Waals surface area contributed by atoms with Crippen molar-refractivity contribution < 1.29 is 28.2 Å². The maximum absolute atomic E-state index is 13.4. The van der Waals surface area contributed by atoms with Crippen molar-refractivity contribution in [1.29, 1.82) is 0 Å². The Labute approximate surface area is 266 Å². The van der Waals surface area contributed by atoms with Crippen LogP contribution in [-0.2, 0) is 20.9 Å². The zero-order chi connectivity index (χ0) is 30.9. The maximum Gasteiger partial charge on any atom is 0.338 e. The molecule has 0 saturated heterocycles. The number of hydrogen-bond donors (Lipinski definition) is 3.